The van der Waals surface area contributed by atoms with Crippen LogP contribution in [0.15, 0.2) is 61.2 Å². The Morgan fingerprint density at radius 1 is 1.19 bits per heavy atom. The number of benzene rings is 2. The van der Waals surface area contributed by atoms with Crippen molar-refractivity contribution in [3.05, 3.63) is 72.3 Å². The maximum Gasteiger partial charge on any atom is 0.387 e. The van der Waals surface area contributed by atoms with Crippen molar-refractivity contribution in [1.82, 2.24) is 20.1 Å². The topological polar surface area (TPSA) is 69.0 Å². The van der Waals surface area contributed by atoms with E-state index in [9.17, 15) is 13.6 Å². The van der Waals surface area contributed by atoms with E-state index in [0.717, 1.165) is 11.3 Å². The molecule has 0 aliphatic rings. The van der Waals surface area contributed by atoms with Crippen LogP contribution in [0.25, 0.3) is 5.69 Å². The highest BCUT2D eigenvalue weighted by atomic mass is 19.3. The van der Waals surface area contributed by atoms with E-state index in [1.54, 1.807) is 11.0 Å². The van der Waals surface area contributed by atoms with Crippen LogP contribution in [0.2, 0.25) is 0 Å². The fraction of sp³-hybridized carbons (Fsp3) is 0.167. The van der Waals surface area contributed by atoms with E-state index < -0.39 is 6.61 Å². The first-order valence-corrected chi connectivity index (χ1v) is 7.83. The molecule has 3 rings (SSSR count). The Balaban J connectivity index is 1.67. The fourth-order valence-corrected chi connectivity index (χ4v) is 2.43. The number of carbonyl (C=O) groups is 1. The second kappa shape index (κ2) is 7.73. The Kier molecular flexibility index (Phi) is 5.21. The second-order valence-corrected chi connectivity index (χ2v) is 5.53. The van der Waals surface area contributed by atoms with Crippen molar-refractivity contribution < 1.29 is 18.3 Å². The SMILES string of the molecule is CC(NC(=O)c1cccc(OC(F)F)c1)c1ccc(-n2cncn2)cc1. The molecule has 8 heteroatoms. The van der Waals surface area contributed by atoms with Gasteiger partial charge < -0.3 is 10.1 Å². The molecule has 0 aliphatic heterocycles. The number of aromatic nitrogens is 3. The van der Waals surface area contributed by atoms with Crippen molar-refractivity contribution in [1.29, 1.82) is 0 Å². The third kappa shape index (κ3) is 4.21. The van der Waals surface area contributed by atoms with Crippen LogP contribution in [0.1, 0.15) is 28.9 Å². The van der Waals surface area contributed by atoms with Gasteiger partial charge in [0.15, 0.2) is 0 Å². The Morgan fingerprint density at radius 2 is 1.96 bits per heavy atom. The standard InChI is InChI=1S/C18H16F2N4O2/c1-12(13-5-7-15(8-6-13)24-11-21-10-22-24)23-17(25)14-3-2-4-16(9-14)26-18(19)20/h2-12,18H,1H3,(H,23,25). The minimum absolute atomic E-state index is 0.0579. The van der Waals surface area contributed by atoms with Crippen LogP contribution in [0.5, 0.6) is 5.75 Å². The van der Waals surface area contributed by atoms with Crippen LogP contribution in [-0.4, -0.2) is 27.3 Å². The highest BCUT2D eigenvalue weighted by Crippen LogP contribution is 2.18. The van der Waals surface area contributed by atoms with Gasteiger partial charge >= 0.3 is 6.61 Å². The van der Waals surface area contributed by atoms with Crippen molar-refractivity contribution in [3.63, 3.8) is 0 Å². The molecule has 26 heavy (non-hydrogen) atoms. The molecule has 2 aromatic carbocycles. The maximum atomic E-state index is 12.3. The lowest BCUT2D eigenvalue weighted by Gasteiger charge is -2.15. The number of hydrogen-bond donors (Lipinski definition) is 1. The summed E-state index contributed by atoms with van der Waals surface area (Å²) in [4.78, 5) is 16.2. The molecule has 0 spiro atoms. The average Bonchev–Trinajstić information content (AvgIpc) is 3.16. The summed E-state index contributed by atoms with van der Waals surface area (Å²) in [7, 11) is 0. The van der Waals surface area contributed by atoms with Crippen molar-refractivity contribution in [2.24, 2.45) is 0 Å². The van der Waals surface area contributed by atoms with E-state index in [4.69, 9.17) is 0 Å². The van der Waals surface area contributed by atoms with Crippen LogP contribution in [0.3, 0.4) is 0 Å². The lowest BCUT2D eigenvalue weighted by atomic mass is 10.1. The van der Waals surface area contributed by atoms with E-state index >= 15 is 0 Å². The third-order valence-corrected chi connectivity index (χ3v) is 3.75. The molecule has 0 fully saturated rings. The number of amides is 1. The largest absolute Gasteiger partial charge is 0.435 e. The number of hydrogen-bond acceptors (Lipinski definition) is 4. The highest BCUT2D eigenvalue weighted by molar-refractivity contribution is 5.94. The van der Waals surface area contributed by atoms with Gasteiger partial charge in [-0.15, -0.1) is 0 Å². The van der Waals surface area contributed by atoms with Gasteiger partial charge in [-0.2, -0.15) is 13.9 Å². The molecular formula is C18H16F2N4O2. The Morgan fingerprint density at radius 3 is 2.62 bits per heavy atom. The van der Waals surface area contributed by atoms with Crippen molar-refractivity contribution in [2.75, 3.05) is 0 Å². The van der Waals surface area contributed by atoms with Crippen molar-refractivity contribution in [3.8, 4) is 11.4 Å². The molecule has 6 nitrogen and oxygen atoms in total. The molecule has 0 radical (unpaired) electrons. The van der Waals surface area contributed by atoms with Gasteiger partial charge in [0.25, 0.3) is 5.91 Å². The predicted octanol–water partition coefficient (Wildman–Crippen LogP) is 3.36. The normalized spacial score (nSPS) is 12.0. The van der Waals surface area contributed by atoms with Crippen LogP contribution < -0.4 is 10.1 Å². The summed E-state index contributed by atoms with van der Waals surface area (Å²) in [6.07, 6.45) is 3.04. The summed E-state index contributed by atoms with van der Waals surface area (Å²) < 4.78 is 30.5. The fourth-order valence-electron chi connectivity index (χ4n) is 2.43. The van der Waals surface area contributed by atoms with Crippen molar-refractivity contribution in [2.45, 2.75) is 19.6 Å². The number of ether oxygens (including phenoxy) is 1. The lowest BCUT2D eigenvalue weighted by molar-refractivity contribution is -0.0498. The Hall–Kier alpha value is -3.29. The van der Waals surface area contributed by atoms with Gasteiger partial charge in [-0.05, 0) is 42.8 Å². The van der Waals surface area contributed by atoms with Crippen LogP contribution in [0.4, 0.5) is 8.78 Å². The Labute approximate surface area is 148 Å². The summed E-state index contributed by atoms with van der Waals surface area (Å²) >= 11 is 0. The van der Waals surface area contributed by atoms with Crippen molar-refractivity contribution >= 4 is 5.91 Å². The molecule has 1 atom stereocenters. The van der Waals surface area contributed by atoms with E-state index in [-0.39, 0.29) is 23.3 Å². The summed E-state index contributed by atoms with van der Waals surface area (Å²) in [5.41, 5.74) is 1.98. The summed E-state index contributed by atoms with van der Waals surface area (Å²) in [5.74, 6) is -0.435. The molecule has 134 valence electrons. The van der Waals surface area contributed by atoms with Crippen LogP contribution >= 0.6 is 0 Å². The monoisotopic (exact) mass is 358 g/mol. The summed E-state index contributed by atoms with van der Waals surface area (Å²) in [6, 6.07) is 12.9. The molecular weight excluding hydrogens is 342 g/mol. The van der Waals surface area contributed by atoms with E-state index in [2.05, 4.69) is 20.1 Å². The molecule has 1 N–H and O–H groups in total. The first-order valence-electron chi connectivity index (χ1n) is 7.83. The van der Waals surface area contributed by atoms with Gasteiger partial charge in [0.2, 0.25) is 0 Å². The third-order valence-electron chi connectivity index (χ3n) is 3.75. The van der Waals surface area contributed by atoms with E-state index in [1.165, 1.54) is 30.6 Å². The van der Waals surface area contributed by atoms with Gasteiger partial charge in [0.1, 0.15) is 18.4 Å². The van der Waals surface area contributed by atoms with Gasteiger partial charge in [-0.1, -0.05) is 18.2 Å². The first-order chi connectivity index (χ1) is 12.5. The van der Waals surface area contributed by atoms with Crippen LogP contribution in [0, 0.1) is 0 Å². The number of nitrogens with zero attached hydrogens (tertiary/aromatic N) is 3. The lowest BCUT2D eigenvalue weighted by Crippen LogP contribution is -2.26. The molecule has 1 heterocycles. The van der Waals surface area contributed by atoms with Gasteiger partial charge in [0.05, 0.1) is 11.7 Å². The van der Waals surface area contributed by atoms with Gasteiger partial charge in [-0.3, -0.25) is 4.79 Å². The quantitative estimate of drug-likeness (QED) is 0.734. The molecule has 3 aromatic rings. The number of carbonyl (C=O) groups excluding carboxylic acids is 1. The second-order valence-electron chi connectivity index (χ2n) is 5.53. The summed E-state index contributed by atoms with van der Waals surface area (Å²) in [6.45, 7) is -1.10. The maximum absolute atomic E-state index is 12.3. The first kappa shape index (κ1) is 17.5. The number of alkyl halides is 2. The molecule has 0 aliphatic carbocycles. The van der Waals surface area contributed by atoms with E-state index in [0.29, 0.717) is 0 Å². The zero-order valence-corrected chi connectivity index (χ0v) is 13.8. The zero-order valence-electron chi connectivity index (χ0n) is 13.8. The summed E-state index contributed by atoms with van der Waals surface area (Å²) in [5, 5.41) is 6.88. The molecule has 1 amide bonds. The number of rotatable bonds is 6. The minimum atomic E-state index is -2.93. The average molecular weight is 358 g/mol. The predicted molar refractivity (Wildman–Crippen MR) is 90.3 cm³/mol. The zero-order chi connectivity index (χ0) is 18.5. The van der Waals surface area contributed by atoms with Gasteiger partial charge in [0, 0.05) is 5.56 Å². The number of halogens is 2. The molecule has 0 saturated heterocycles. The van der Waals surface area contributed by atoms with Gasteiger partial charge in [-0.25, -0.2) is 9.67 Å². The molecule has 1 aromatic heterocycles. The highest BCUT2D eigenvalue weighted by Gasteiger charge is 2.13. The number of nitrogens with one attached hydrogen (secondary N) is 1. The van der Waals surface area contributed by atoms with Crippen LogP contribution in [-0.2, 0) is 0 Å². The molecule has 0 bridgehead atoms. The smallest absolute Gasteiger partial charge is 0.387 e. The Bertz CT molecular complexity index is 867. The molecule has 0 saturated carbocycles. The van der Waals surface area contributed by atoms with E-state index in [1.807, 2.05) is 31.2 Å². The molecule has 1 unspecified atom stereocenters. The minimum Gasteiger partial charge on any atom is -0.435 e.